The number of phenolic OH excluding ortho intramolecular Hbond substituents is 1. The lowest BCUT2D eigenvalue weighted by Gasteiger charge is -2.22. The highest BCUT2D eigenvalue weighted by Crippen LogP contribution is 2.35. The van der Waals surface area contributed by atoms with Gasteiger partial charge >= 0.3 is 0 Å². The zero-order valence-corrected chi connectivity index (χ0v) is 12.7. The van der Waals surface area contributed by atoms with Crippen LogP contribution in [0.5, 0.6) is 11.5 Å². The lowest BCUT2D eigenvalue weighted by molar-refractivity contribution is 0.0547. The number of benzene rings is 1. The average Bonchev–Trinajstić information content (AvgIpc) is 2.43. The van der Waals surface area contributed by atoms with Crippen molar-refractivity contribution in [3.8, 4) is 11.5 Å². The molecule has 1 fully saturated rings. The summed E-state index contributed by atoms with van der Waals surface area (Å²) < 4.78 is 11.2. The standard InChI is InChI=1S/C14H20BrNO3/c1-18-13-6-11(5-12(15)14(13)17)8-16-7-10-3-2-4-19-9-10/h5-6,10,16-17H,2-4,7-9H2,1H3. The van der Waals surface area contributed by atoms with E-state index in [9.17, 15) is 5.11 Å². The van der Waals surface area contributed by atoms with Gasteiger partial charge in [-0.3, -0.25) is 0 Å². The van der Waals surface area contributed by atoms with E-state index in [-0.39, 0.29) is 5.75 Å². The number of hydrogen-bond acceptors (Lipinski definition) is 4. The highest BCUT2D eigenvalue weighted by atomic mass is 79.9. The minimum atomic E-state index is 0.145. The number of hydrogen-bond donors (Lipinski definition) is 2. The summed E-state index contributed by atoms with van der Waals surface area (Å²) in [6, 6.07) is 3.76. The largest absolute Gasteiger partial charge is 0.503 e. The van der Waals surface area contributed by atoms with E-state index in [1.165, 1.54) is 6.42 Å². The Bertz CT molecular complexity index is 419. The highest BCUT2D eigenvalue weighted by Gasteiger charge is 2.13. The molecule has 0 radical (unpaired) electrons. The van der Waals surface area contributed by atoms with E-state index in [2.05, 4.69) is 21.2 Å². The molecule has 1 heterocycles. The average molecular weight is 330 g/mol. The van der Waals surface area contributed by atoms with Gasteiger partial charge in [0.25, 0.3) is 0 Å². The molecule has 0 aliphatic carbocycles. The first-order valence-electron chi connectivity index (χ1n) is 6.54. The quantitative estimate of drug-likeness (QED) is 0.872. The fourth-order valence-electron chi connectivity index (χ4n) is 2.27. The van der Waals surface area contributed by atoms with Crippen LogP contribution >= 0.6 is 15.9 Å². The molecule has 1 aromatic carbocycles. The Morgan fingerprint density at radius 2 is 2.37 bits per heavy atom. The third-order valence-corrected chi connectivity index (χ3v) is 3.93. The van der Waals surface area contributed by atoms with Crippen LogP contribution in [0.4, 0.5) is 0 Å². The Morgan fingerprint density at radius 3 is 3.05 bits per heavy atom. The monoisotopic (exact) mass is 329 g/mol. The molecule has 0 amide bonds. The summed E-state index contributed by atoms with van der Waals surface area (Å²) in [7, 11) is 1.55. The molecule has 4 nitrogen and oxygen atoms in total. The minimum absolute atomic E-state index is 0.145. The van der Waals surface area contributed by atoms with Crippen molar-refractivity contribution >= 4 is 15.9 Å². The van der Waals surface area contributed by atoms with Gasteiger partial charge in [-0.2, -0.15) is 0 Å². The third-order valence-electron chi connectivity index (χ3n) is 3.32. The number of halogens is 1. The highest BCUT2D eigenvalue weighted by molar-refractivity contribution is 9.10. The summed E-state index contributed by atoms with van der Waals surface area (Å²) in [5, 5.41) is 13.2. The third kappa shape index (κ3) is 4.09. The van der Waals surface area contributed by atoms with Gasteiger partial charge in [-0.1, -0.05) is 0 Å². The molecular weight excluding hydrogens is 310 g/mol. The van der Waals surface area contributed by atoms with Crippen molar-refractivity contribution in [3.05, 3.63) is 22.2 Å². The normalized spacial score (nSPS) is 19.4. The summed E-state index contributed by atoms with van der Waals surface area (Å²) in [4.78, 5) is 0. The van der Waals surface area contributed by atoms with E-state index in [1.54, 1.807) is 7.11 Å². The number of phenols is 1. The van der Waals surface area contributed by atoms with E-state index in [1.807, 2.05) is 12.1 Å². The molecule has 1 aliphatic rings. The lowest BCUT2D eigenvalue weighted by atomic mass is 10.0. The molecule has 2 rings (SSSR count). The first-order chi connectivity index (χ1) is 9.20. The number of aromatic hydroxyl groups is 1. The van der Waals surface area contributed by atoms with Crippen molar-refractivity contribution in [1.29, 1.82) is 0 Å². The molecular formula is C14H20BrNO3. The van der Waals surface area contributed by atoms with Crippen molar-refractivity contribution in [1.82, 2.24) is 5.32 Å². The zero-order chi connectivity index (χ0) is 13.7. The van der Waals surface area contributed by atoms with E-state index in [0.717, 1.165) is 38.3 Å². The molecule has 1 unspecified atom stereocenters. The first-order valence-corrected chi connectivity index (χ1v) is 7.34. The Kier molecular flexibility index (Phi) is 5.48. The van der Waals surface area contributed by atoms with E-state index >= 15 is 0 Å². The van der Waals surface area contributed by atoms with Crippen LogP contribution in [0.1, 0.15) is 18.4 Å². The van der Waals surface area contributed by atoms with Crippen molar-refractivity contribution < 1.29 is 14.6 Å². The number of ether oxygens (including phenoxy) is 2. The van der Waals surface area contributed by atoms with Crippen molar-refractivity contribution in [2.75, 3.05) is 26.9 Å². The zero-order valence-electron chi connectivity index (χ0n) is 11.1. The van der Waals surface area contributed by atoms with Crippen LogP contribution in [-0.4, -0.2) is 32.0 Å². The second kappa shape index (κ2) is 7.12. The van der Waals surface area contributed by atoms with E-state index in [4.69, 9.17) is 9.47 Å². The molecule has 2 N–H and O–H groups in total. The lowest BCUT2D eigenvalue weighted by Crippen LogP contribution is -2.28. The molecule has 19 heavy (non-hydrogen) atoms. The van der Waals surface area contributed by atoms with Gasteiger partial charge in [0.2, 0.25) is 0 Å². The van der Waals surface area contributed by atoms with Gasteiger partial charge in [-0.05, 0) is 52.4 Å². The number of rotatable bonds is 5. The molecule has 5 heteroatoms. The van der Waals surface area contributed by atoms with Gasteiger partial charge in [0.1, 0.15) is 0 Å². The minimum Gasteiger partial charge on any atom is -0.503 e. The molecule has 1 aliphatic heterocycles. The summed E-state index contributed by atoms with van der Waals surface area (Å²) in [6.07, 6.45) is 2.39. The maximum Gasteiger partial charge on any atom is 0.172 e. The second-order valence-electron chi connectivity index (χ2n) is 4.84. The van der Waals surface area contributed by atoms with Gasteiger partial charge in [0, 0.05) is 19.7 Å². The van der Waals surface area contributed by atoms with Gasteiger partial charge in [-0.15, -0.1) is 0 Å². The summed E-state index contributed by atoms with van der Waals surface area (Å²) in [5.41, 5.74) is 1.08. The molecule has 0 saturated carbocycles. The Hall–Kier alpha value is -0.780. The second-order valence-corrected chi connectivity index (χ2v) is 5.70. The van der Waals surface area contributed by atoms with Crippen molar-refractivity contribution in [3.63, 3.8) is 0 Å². The van der Waals surface area contributed by atoms with E-state index in [0.29, 0.717) is 16.1 Å². The van der Waals surface area contributed by atoms with Gasteiger partial charge in [-0.25, -0.2) is 0 Å². The van der Waals surface area contributed by atoms with Crippen LogP contribution in [0.3, 0.4) is 0 Å². The molecule has 1 atom stereocenters. The predicted molar refractivity (Wildman–Crippen MR) is 77.6 cm³/mol. The number of nitrogens with one attached hydrogen (secondary N) is 1. The summed E-state index contributed by atoms with van der Waals surface area (Å²) >= 11 is 3.33. The van der Waals surface area contributed by atoms with Crippen LogP contribution in [0.2, 0.25) is 0 Å². The molecule has 0 bridgehead atoms. The maximum absolute atomic E-state index is 9.74. The summed E-state index contributed by atoms with van der Waals surface area (Å²) in [5.74, 6) is 1.25. The topological polar surface area (TPSA) is 50.7 Å². The van der Waals surface area contributed by atoms with Crippen LogP contribution in [0.25, 0.3) is 0 Å². The van der Waals surface area contributed by atoms with Gasteiger partial charge in [0.05, 0.1) is 18.2 Å². The fourth-order valence-corrected chi connectivity index (χ4v) is 2.76. The van der Waals surface area contributed by atoms with Crippen molar-refractivity contribution in [2.24, 2.45) is 5.92 Å². The fraction of sp³-hybridized carbons (Fsp3) is 0.571. The van der Waals surface area contributed by atoms with Crippen LogP contribution < -0.4 is 10.1 Å². The SMILES string of the molecule is COc1cc(CNCC2CCCOC2)cc(Br)c1O. The van der Waals surface area contributed by atoms with Crippen LogP contribution in [0, 0.1) is 5.92 Å². The van der Waals surface area contributed by atoms with Gasteiger partial charge < -0.3 is 19.9 Å². The van der Waals surface area contributed by atoms with Gasteiger partial charge in [0.15, 0.2) is 11.5 Å². The molecule has 1 aromatic rings. The maximum atomic E-state index is 9.74. The predicted octanol–water partition coefficient (Wildman–Crippen LogP) is 2.68. The summed E-state index contributed by atoms with van der Waals surface area (Å²) in [6.45, 7) is 3.47. The van der Waals surface area contributed by atoms with Crippen molar-refractivity contribution in [2.45, 2.75) is 19.4 Å². The Balaban J connectivity index is 1.86. The molecule has 1 saturated heterocycles. The van der Waals surface area contributed by atoms with E-state index < -0.39 is 0 Å². The molecule has 0 aromatic heterocycles. The smallest absolute Gasteiger partial charge is 0.172 e. The van der Waals surface area contributed by atoms with Crippen LogP contribution in [0.15, 0.2) is 16.6 Å². The molecule has 0 spiro atoms. The molecule has 106 valence electrons. The number of methoxy groups -OCH3 is 1. The first kappa shape index (κ1) is 14.6. The Morgan fingerprint density at radius 1 is 1.53 bits per heavy atom. The van der Waals surface area contributed by atoms with Crippen LogP contribution in [-0.2, 0) is 11.3 Å². The Labute approximate surface area is 122 Å².